The molecule has 0 aliphatic heterocycles. The van der Waals surface area contributed by atoms with Crippen LogP contribution in [-0.2, 0) is 4.79 Å². The van der Waals surface area contributed by atoms with Crippen molar-refractivity contribution in [3.63, 3.8) is 0 Å². The summed E-state index contributed by atoms with van der Waals surface area (Å²) < 4.78 is 23.9. The van der Waals surface area contributed by atoms with Gasteiger partial charge in [0.25, 0.3) is 5.91 Å². The Bertz CT molecular complexity index is 765. The molecule has 0 aliphatic rings. The number of carbonyl (C=O) groups is 2. The Balaban J connectivity index is 1.91. The van der Waals surface area contributed by atoms with Crippen molar-refractivity contribution in [2.45, 2.75) is 19.4 Å². The fourth-order valence-electron chi connectivity index (χ4n) is 2.18. The summed E-state index contributed by atoms with van der Waals surface area (Å²) in [7, 11) is 0. The van der Waals surface area contributed by atoms with Gasteiger partial charge in [-0.25, -0.2) is 9.18 Å². The van der Waals surface area contributed by atoms with Crippen LogP contribution < -0.4 is 14.8 Å². The molecule has 7 heteroatoms. The lowest BCUT2D eigenvalue weighted by molar-refractivity contribution is -0.139. The summed E-state index contributed by atoms with van der Waals surface area (Å²) in [6.07, 6.45) is 0.311. The van der Waals surface area contributed by atoms with E-state index in [2.05, 4.69) is 5.32 Å². The number of carbonyl (C=O) groups excluding carboxylic acids is 1. The van der Waals surface area contributed by atoms with Gasteiger partial charge in [-0.2, -0.15) is 0 Å². The highest BCUT2D eigenvalue weighted by atomic mass is 19.1. The van der Waals surface area contributed by atoms with E-state index in [9.17, 15) is 14.0 Å². The zero-order valence-corrected chi connectivity index (χ0v) is 14.3. The van der Waals surface area contributed by atoms with Crippen LogP contribution in [0.3, 0.4) is 0 Å². The fourth-order valence-corrected chi connectivity index (χ4v) is 2.18. The van der Waals surface area contributed by atoms with Crippen LogP contribution >= 0.6 is 0 Å². The maximum Gasteiger partial charge on any atom is 0.341 e. The minimum absolute atomic E-state index is 0.242. The van der Waals surface area contributed by atoms with Crippen molar-refractivity contribution in [2.75, 3.05) is 13.2 Å². The van der Waals surface area contributed by atoms with Gasteiger partial charge in [-0.3, -0.25) is 4.79 Å². The summed E-state index contributed by atoms with van der Waals surface area (Å²) in [5.41, 5.74) is 0.341. The van der Waals surface area contributed by atoms with E-state index in [1.807, 2.05) is 6.92 Å². The molecule has 2 aromatic rings. The number of ether oxygens (including phenoxy) is 2. The number of carboxylic acids is 1. The molecule has 2 N–H and O–H groups in total. The average Bonchev–Trinajstić information content (AvgIpc) is 2.63. The van der Waals surface area contributed by atoms with E-state index < -0.39 is 12.6 Å². The van der Waals surface area contributed by atoms with Crippen LogP contribution in [0.5, 0.6) is 11.5 Å². The zero-order chi connectivity index (χ0) is 18.9. The lowest BCUT2D eigenvalue weighted by Crippen LogP contribution is -2.35. The Kier molecular flexibility index (Phi) is 6.96. The smallest absolute Gasteiger partial charge is 0.341 e. The molecule has 0 radical (unpaired) electrons. The van der Waals surface area contributed by atoms with Crippen LogP contribution in [0.4, 0.5) is 4.39 Å². The van der Waals surface area contributed by atoms with E-state index >= 15 is 0 Å². The highest BCUT2D eigenvalue weighted by Crippen LogP contribution is 2.16. The van der Waals surface area contributed by atoms with Crippen molar-refractivity contribution < 1.29 is 28.6 Å². The third-order valence-corrected chi connectivity index (χ3v) is 3.50. The largest absolute Gasteiger partial charge is 0.489 e. The van der Waals surface area contributed by atoms with Crippen LogP contribution in [0.2, 0.25) is 0 Å². The molecule has 0 aromatic heterocycles. The van der Waals surface area contributed by atoms with Crippen LogP contribution in [0, 0.1) is 5.82 Å². The molecule has 138 valence electrons. The molecule has 0 saturated heterocycles. The second-order valence-electron chi connectivity index (χ2n) is 5.53. The molecule has 0 fully saturated rings. The number of rotatable bonds is 9. The number of hydrogen-bond acceptors (Lipinski definition) is 4. The van der Waals surface area contributed by atoms with Gasteiger partial charge in [-0.05, 0) is 36.8 Å². The van der Waals surface area contributed by atoms with Gasteiger partial charge in [0.1, 0.15) is 23.4 Å². The SMILES string of the molecule is CCC(CNC(=O)c1cccc(OCC(=O)O)c1)Oc1cccc(F)c1. The van der Waals surface area contributed by atoms with Crippen LogP contribution in [0.15, 0.2) is 48.5 Å². The first-order chi connectivity index (χ1) is 12.5. The monoisotopic (exact) mass is 361 g/mol. The highest BCUT2D eigenvalue weighted by Gasteiger charge is 2.13. The molecule has 6 nitrogen and oxygen atoms in total. The highest BCUT2D eigenvalue weighted by molar-refractivity contribution is 5.94. The van der Waals surface area contributed by atoms with Crippen molar-refractivity contribution >= 4 is 11.9 Å². The fraction of sp³-hybridized carbons (Fsp3) is 0.263. The molecule has 0 aliphatic carbocycles. The minimum atomic E-state index is -1.10. The summed E-state index contributed by atoms with van der Waals surface area (Å²) in [6, 6.07) is 12.1. The van der Waals surface area contributed by atoms with E-state index in [1.165, 1.54) is 18.2 Å². The Labute approximate surface area is 150 Å². The molecule has 0 heterocycles. The van der Waals surface area contributed by atoms with Gasteiger partial charge in [0.2, 0.25) is 0 Å². The molecule has 2 rings (SSSR count). The number of amides is 1. The Morgan fingerprint density at radius 3 is 2.58 bits per heavy atom. The van der Waals surface area contributed by atoms with Gasteiger partial charge < -0.3 is 19.9 Å². The van der Waals surface area contributed by atoms with Crippen LogP contribution in [-0.4, -0.2) is 36.2 Å². The van der Waals surface area contributed by atoms with E-state index in [-0.39, 0.29) is 24.4 Å². The molecular formula is C19H20FNO5. The van der Waals surface area contributed by atoms with E-state index in [0.717, 1.165) is 0 Å². The second-order valence-corrected chi connectivity index (χ2v) is 5.53. The van der Waals surface area contributed by atoms with Crippen LogP contribution in [0.25, 0.3) is 0 Å². The Morgan fingerprint density at radius 1 is 1.15 bits per heavy atom. The van der Waals surface area contributed by atoms with Crippen molar-refractivity contribution in [1.29, 1.82) is 0 Å². The molecule has 0 bridgehead atoms. The number of aliphatic carboxylic acids is 1. The molecule has 0 spiro atoms. The van der Waals surface area contributed by atoms with Gasteiger partial charge in [0.05, 0.1) is 6.54 Å². The van der Waals surface area contributed by atoms with Crippen molar-refractivity contribution in [2.24, 2.45) is 0 Å². The molecule has 26 heavy (non-hydrogen) atoms. The summed E-state index contributed by atoms with van der Waals surface area (Å²) in [5, 5.41) is 11.4. The molecular weight excluding hydrogens is 341 g/mol. The molecule has 1 atom stereocenters. The van der Waals surface area contributed by atoms with Gasteiger partial charge in [0, 0.05) is 11.6 Å². The number of nitrogens with one attached hydrogen (secondary N) is 1. The van der Waals surface area contributed by atoms with E-state index in [4.69, 9.17) is 14.6 Å². The number of carboxylic acid groups (broad SMARTS) is 1. The minimum Gasteiger partial charge on any atom is -0.489 e. The summed E-state index contributed by atoms with van der Waals surface area (Å²) in [6.45, 7) is 1.66. The third-order valence-electron chi connectivity index (χ3n) is 3.50. The van der Waals surface area contributed by atoms with Crippen molar-refractivity contribution in [3.8, 4) is 11.5 Å². The lowest BCUT2D eigenvalue weighted by atomic mass is 10.2. The Morgan fingerprint density at radius 2 is 1.88 bits per heavy atom. The lowest BCUT2D eigenvalue weighted by Gasteiger charge is -2.18. The van der Waals surface area contributed by atoms with Crippen molar-refractivity contribution in [1.82, 2.24) is 5.32 Å². The number of hydrogen-bond donors (Lipinski definition) is 2. The van der Waals surface area contributed by atoms with Gasteiger partial charge in [0.15, 0.2) is 6.61 Å². The maximum atomic E-state index is 13.2. The predicted molar refractivity (Wildman–Crippen MR) is 93.0 cm³/mol. The molecule has 2 aromatic carbocycles. The molecule has 1 unspecified atom stereocenters. The standard InChI is InChI=1S/C19H20FNO5/c1-2-15(26-17-8-4-6-14(20)10-17)11-21-19(24)13-5-3-7-16(9-13)25-12-18(22)23/h3-10,15H,2,11-12H2,1H3,(H,21,24)(H,22,23). The first kappa shape index (κ1) is 19.2. The van der Waals surface area contributed by atoms with Crippen molar-refractivity contribution in [3.05, 3.63) is 59.9 Å². The normalized spacial score (nSPS) is 11.5. The zero-order valence-electron chi connectivity index (χ0n) is 14.3. The quantitative estimate of drug-likeness (QED) is 0.717. The first-order valence-corrected chi connectivity index (χ1v) is 8.13. The molecule has 0 saturated carbocycles. The van der Waals surface area contributed by atoms with E-state index in [1.54, 1.807) is 30.3 Å². The number of halogens is 1. The topological polar surface area (TPSA) is 84.9 Å². The van der Waals surface area contributed by atoms with Gasteiger partial charge in [-0.1, -0.05) is 19.1 Å². The second kappa shape index (κ2) is 9.41. The van der Waals surface area contributed by atoms with Gasteiger partial charge >= 0.3 is 5.97 Å². The number of benzene rings is 2. The maximum absolute atomic E-state index is 13.2. The van der Waals surface area contributed by atoms with Gasteiger partial charge in [-0.15, -0.1) is 0 Å². The Hall–Kier alpha value is -3.09. The predicted octanol–water partition coefficient (Wildman–Crippen LogP) is 2.88. The summed E-state index contributed by atoms with van der Waals surface area (Å²) >= 11 is 0. The third kappa shape index (κ3) is 6.08. The van der Waals surface area contributed by atoms with E-state index in [0.29, 0.717) is 23.5 Å². The molecule has 1 amide bonds. The summed E-state index contributed by atoms with van der Waals surface area (Å²) in [4.78, 5) is 22.8. The first-order valence-electron chi connectivity index (χ1n) is 8.13. The van der Waals surface area contributed by atoms with Crippen LogP contribution in [0.1, 0.15) is 23.7 Å². The summed E-state index contributed by atoms with van der Waals surface area (Å²) in [5.74, 6) is -1.13. The average molecular weight is 361 g/mol.